The van der Waals surface area contributed by atoms with Crippen LogP contribution in [0, 0.1) is 13.8 Å². The molecule has 0 bridgehead atoms. The molecule has 0 aliphatic rings. The van der Waals surface area contributed by atoms with Crippen LogP contribution in [0.2, 0.25) is 0 Å². The van der Waals surface area contributed by atoms with Gasteiger partial charge < -0.3 is 14.6 Å². The Kier molecular flexibility index (Phi) is 5.57. The maximum atomic E-state index is 12.2. The number of amides is 1. The van der Waals surface area contributed by atoms with E-state index < -0.39 is 0 Å². The SMILES string of the molecule is CCCOc1cccn(CC(=O)Nc2cccc(C)c2C)c1=O. The summed E-state index contributed by atoms with van der Waals surface area (Å²) in [6.45, 7) is 6.35. The molecule has 0 fully saturated rings. The molecule has 1 aromatic heterocycles. The van der Waals surface area contributed by atoms with Crippen LogP contribution in [0.4, 0.5) is 5.69 Å². The molecule has 0 aliphatic heterocycles. The number of nitrogens with zero attached hydrogens (tertiary/aromatic N) is 1. The second-order valence-electron chi connectivity index (χ2n) is 5.45. The van der Waals surface area contributed by atoms with Crippen LogP contribution >= 0.6 is 0 Å². The van der Waals surface area contributed by atoms with Crippen molar-refractivity contribution in [3.8, 4) is 5.75 Å². The number of hydrogen-bond donors (Lipinski definition) is 1. The maximum Gasteiger partial charge on any atom is 0.293 e. The number of aromatic nitrogens is 1. The molecule has 0 saturated carbocycles. The van der Waals surface area contributed by atoms with Crippen LogP contribution in [0.15, 0.2) is 41.3 Å². The van der Waals surface area contributed by atoms with E-state index in [0.29, 0.717) is 6.61 Å². The number of rotatable bonds is 6. The summed E-state index contributed by atoms with van der Waals surface area (Å²) in [5.74, 6) is 0.0299. The topological polar surface area (TPSA) is 60.3 Å². The molecule has 2 aromatic rings. The minimum absolute atomic E-state index is 0.0461. The summed E-state index contributed by atoms with van der Waals surface area (Å²) in [5.41, 5.74) is 2.60. The molecule has 5 heteroatoms. The van der Waals surface area contributed by atoms with Crippen LogP contribution in [0.1, 0.15) is 24.5 Å². The Morgan fingerprint density at radius 1 is 1.22 bits per heavy atom. The maximum absolute atomic E-state index is 12.2. The van der Waals surface area contributed by atoms with Crippen LogP contribution in [-0.2, 0) is 11.3 Å². The van der Waals surface area contributed by atoms with Gasteiger partial charge in [0.05, 0.1) is 6.61 Å². The summed E-state index contributed by atoms with van der Waals surface area (Å²) in [5, 5.41) is 2.85. The fourth-order valence-corrected chi connectivity index (χ4v) is 2.19. The van der Waals surface area contributed by atoms with Crippen molar-refractivity contribution in [3.63, 3.8) is 0 Å². The quantitative estimate of drug-likeness (QED) is 0.892. The van der Waals surface area contributed by atoms with E-state index >= 15 is 0 Å². The van der Waals surface area contributed by atoms with E-state index in [2.05, 4.69) is 5.32 Å². The van der Waals surface area contributed by atoms with Crippen molar-refractivity contribution >= 4 is 11.6 Å². The molecular formula is C18H22N2O3. The van der Waals surface area contributed by atoms with E-state index in [1.165, 1.54) is 4.57 Å². The minimum Gasteiger partial charge on any atom is -0.488 e. The molecule has 0 spiro atoms. The third-order valence-electron chi connectivity index (χ3n) is 3.64. The average molecular weight is 314 g/mol. The number of ether oxygens (including phenoxy) is 1. The first kappa shape index (κ1) is 16.8. The molecule has 0 saturated heterocycles. The van der Waals surface area contributed by atoms with Gasteiger partial charge in [0.1, 0.15) is 6.54 Å². The molecule has 1 N–H and O–H groups in total. The normalized spacial score (nSPS) is 10.4. The first-order valence-corrected chi connectivity index (χ1v) is 7.71. The van der Waals surface area contributed by atoms with Crippen molar-refractivity contribution in [2.75, 3.05) is 11.9 Å². The standard InChI is InChI=1S/C18H22N2O3/c1-4-11-23-16-9-6-10-20(18(16)22)12-17(21)19-15-8-5-7-13(2)14(15)3/h5-10H,4,11-12H2,1-3H3,(H,19,21). The lowest BCUT2D eigenvalue weighted by molar-refractivity contribution is -0.116. The molecule has 0 atom stereocenters. The van der Waals surface area contributed by atoms with E-state index in [4.69, 9.17) is 4.74 Å². The monoisotopic (exact) mass is 314 g/mol. The number of carbonyl (C=O) groups is 1. The van der Waals surface area contributed by atoms with Gasteiger partial charge in [-0.05, 0) is 49.6 Å². The molecule has 122 valence electrons. The predicted molar refractivity (Wildman–Crippen MR) is 91.0 cm³/mol. The van der Waals surface area contributed by atoms with Crippen molar-refractivity contribution in [2.45, 2.75) is 33.7 Å². The van der Waals surface area contributed by atoms with Crippen molar-refractivity contribution in [1.82, 2.24) is 4.57 Å². The highest BCUT2D eigenvalue weighted by Crippen LogP contribution is 2.17. The zero-order chi connectivity index (χ0) is 16.8. The number of anilines is 1. The first-order valence-electron chi connectivity index (χ1n) is 7.71. The summed E-state index contributed by atoms with van der Waals surface area (Å²) in [7, 11) is 0. The Balaban J connectivity index is 2.11. The van der Waals surface area contributed by atoms with E-state index in [1.807, 2.05) is 39.0 Å². The van der Waals surface area contributed by atoms with Crippen LogP contribution in [0.3, 0.4) is 0 Å². The van der Waals surface area contributed by atoms with Gasteiger partial charge in [-0.2, -0.15) is 0 Å². The van der Waals surface area contributed by atoms with Gasteiger partial charge in [-0.25, -0.2) is 0 Å². The van der Waals surface area contributed by atoms with Gasteiger partial charge in [0.2, 0.25) is 5.91 Å². The number of pyridine rings is 1. The lowest BCUT2D eigenvalue weighted by Gasteiger charge is -2.12. The molecule has 1 aromatic carbocycles. The van der Waals surface area contributed by atoms with Crippen molar-refractivity contribution in [2.24, 2.45) is 0 Å². The minimum atomic E-state index is -0.294. The molecule has 2 rings (SSSR count). The van der Waals surface area contributed by atoms with Gasteiger partial charge in [0.25, 0.3) is 5.56 Å². The van der Waals surface area contributed by atoms with Gasteiger partial charge in [-0.3, -0.25) is 9.59 Å². The summed E-state index contributed by atoms with van der Waals surface area (Å²) in [6.07, 6.45) is 2.41. The Labute approximate surface area is 135 Å². The molecule has 0 aliphatic carbocycles. The Hall–Kier alpha value is -2.56. The second-order valence-corrected chi connectivity index (χ2v) is 5.45. The third-order valence-corrected chi connectivity index (χ3v) is 3.64. The van der Waals surface area contributed by atoms with Gasteiger partial charge in [-0.15, -0.1) is 0 Å². The molecule has 23 heavy (non-hydrogen) atoms. The summed E-state index contributed by atoms with van der Waals surface area (Å²) < 4.78 is 6.75. The second kappa shape index (κ2) is 7.63. The number of aryl methyl sites for hydroxylation is 1. The Morgan fingerprint density at radius 3 is 2.74 bits per heavy atom. The van der Waals surface area contributed by atoms with Crippen LogP contribution in [0.5, 0.6) is 5.75 Å². The highest BCUT2D eigenvalue weighted by atomic mass is 16.5. The van der Waals surface area contributed by atoms with E-state index in [9.17, 15) is 9.59 Å². The fraction of sp³-hybridized carbons (Fsp3) is 0.333. The van der Waals surface area contributed by atoms with E-state index in [1.54, 1.807) is 18.3 Å². The summed E-state index contributed by atoms with van der Waals surface area (Å²) in [6, 6.07) is 9.06. The Morgan fingerprint density at radius 2 is 2.00 bits per heavy atom. The van der Waals surface area contributed by atoms with Crippen molar-refractivity contribution in [1.29, 1.82) is 0 Å². The molecule has 0 radical (unpaired) electrons. The van der Waals surface area contributed by atoms with Crippen LogP contribution < -0.4 is 15.6 Å². The zero-order valence-electron chi connectivity index (χ0n) is 13.8. The van der Waals surface area contributed by atoms with Crippen molar-refractivity contribution in [3.05, 3.63) is 58.0 Å². The van der Waals surface area contributed by atoms with Crippen molar-refractivity contribution < 1.29 is 9.53 Å². The van der Waals surface area contributed by atoms with Crippen LogP contribution in [0.25, 0.3) is 0 Å². The highest BCUT2D eigenvalue weighted by Gasteiger charge is 2.10. The number of hydrogen-bond acceptors (Lipinski definition) is 3. The smallest absolute Gasteiger partial charge is 0.293 e. The lowest BCUT2D eigenvalue weighted by Crippen LogP contribution is -2.28. The summed E-state index contributed by atoms with van der Waals surface area (Å²) >= 11 is 0. The molecular weight excluding hydrogens is 292 g/mol. The van der Waals surface area contributed by atoms with Gasteiger partial charge >= 0.3 is 0 Å². The van der Waals surface area contributed by atoms with Crippen LogP contribution in [-0.4, -0.2) is 17.1 Å². The average Bonchev–Trinajstić information content (AvgIpc) is 2.53. The Bertz CT molecular complexity index is 750. The van der Waals surface area contributed by atoms with E-state index in [0.717, 1.165) is 23.2 Å². The van der Waals surface area contributed by atoms with Gasteiger partial charge in [-0.1, -0.05) is 19.1 Å². The molecule has 1 amide bonds. The molecule has 5 nitrogen and oxygen atoms in total. The predicted octanol–water partition coefficient (Wildman–Crippen LogP) is 2.89. The molecule has 1 heterocycles. The number of carbonyl (C=O) groups excluding carboxylic acids is 1. The number of nitrogens with one attached hydrogen (secondary N) is 1. The van der Waals surface area contributed by atoms with Gasteiger partial charge in [0.15, 0.2) is 5.75 Å². The first-order chi connectivity index (χ1) is 11.0. The number of benzene rings is 1. The fourth-order valence-electron chi connectivity index (χ4n) is 2.19. The zero-order valence-corrected chi connectivity index (χ0v) is 13.8. The highest BCUT2D eigenvalue weighted by molar-refractivity contribution is 5.91. The summed E-state index contributed by atoms with van der Waals surface area (Å²) in [4.78, 5) is 24.5. The molecule has 0 unspecified atom stereocenters. The third kappa shape index (κ3) is 4.22. The van der Waals surface area contributed by atoms with E-state index in [-0.39, 0.29) is 23.8 Å². The lowest BCUT2D eigenvalue weighted by atomic mass is 10.1. The largest absolute Gasteiger partial charge is 0.488 e. The van der Waals surface area contributed by atoms with Gasteiger partial charge in [0, 0.05) is 11.9 Å².